The van der Waals surface area contributed by atoms with E-state index < -0.39 is 0 Å². The van der Waals surface area contributed by atoms with E-state index in [9.17, 15) is 0 Å². The standard InChI is InChI=1S/C21H23N7OS/c1-12(2)15-3-6-24-28-21(15)29-10-13-7-14(8-13)17-9-18(27-26-17)25-20-19-16(4-5-22-20)23-11-30-19/h3-6,9,11-14H,7-8,10H2,1-2H3,(H2,22,25,26,27). The van der Waals surface area contributed by atoms with E-state index in [1.54, 1.807) is 23.7 Å². The Labute approximate surface area is 178 Å². The van der Waals surface area contributed by atoms with Gasteiger partial charge < -0.3 is 10.1 Å². The average Bonchev–Trinajstić information content (AvgIpc) is 3.37. The summed E-state index contributed by atoms with van der Waals surface area (Å²) in [4.78, 5) is 8.75. The molecule has 1 saturated carbocycles. The molecule has 154 valence electrons. The highest BCUT2D eigenvalue weighted by Gasteiger charge is 2.32. The summed E-state index contributed by atoms with van der Waals surface area (Å²) in [5, 5.41) is 19.0. The van der Waals surface area contributed by atoms with Crippen LogP contribution in [0, 0.1) is 5.92 Å². The molecule has 1 aliphatic carbocycles. The van der Waals surface area contributed by atoms with Crippen LogP contribution in [0.1, 0.15) is 49.8 Å². The molecule has 30 heavy (non-hydrogen) atoms. The molecule has 0 aliphatic heterocycles. The van der Waals surface area contributed by atoms with Gasteiger partial charge >= 0.3 is 0 Å². The maximum absolute atomic E-state index is 5.98. The summed E-state index contributed by atoms with van der Waals surface area (Å²) in [6.07, 6.45) is 5.62. The van der Waals surface area contributed by atoms with Gasteiger partial charge in [0.2, 0.25) is 5.88 Å². The third-order valence-corrected chi connectivity index (χ3v) is 6.41. The number of nitrogens with zero attached hydrogens (tertiary/aromatic N) is 5. The summed E-state index contributed by atoms with van der Waals surface area (Å²) in [5.41, 5.74) is 5.02. The van der Waals surface area contributed by atoms with Gasteiger partial charge in [0, 0.05) is 29.4 Å². The van der Waals surface area contributed by atoms with Crippen molar-refractivity contribution >= 4 is 33.2 Å². The molecule has 0 spiro atoms. The van der Waals surface area contributed by atoms with Gasteiger partial charge in [-0.05, 0) is 36.8 Å². The third kappa shape index (κ3) is 3.72. The van der Waals surface area contributed by atoms with Crippen molar-refractivity contribution < 1.29 is 4.74 Å². The van der Waals surface area contributed by atoms with E-state index in [0.717, 1.165) is 46.0 Å². The summed E-state index contributed by atoms with van der Waals surface area (Å²) in [7, 11) is 0. The first-order chi connectivity index (χ1) is 14.7. The molecule has 4 aromatic rings. The number of thiazole rings is 1. The molecule has 9 heteroatoms. The SMILES string of the molecule is CC(C)c1ccnnc1OCC1CC(c2cc(Nc3nccc4ncsc34)n[nH]2)C1. The number of hydrogen-bond acceptors (Lipinski definition) is 8. The van der Waals surface area contributed by atoms with Gasteiger partial charge in [-0.15, -0.1) is 16.4 Å². The van der Waals surface area contributed by atoms with Crippen molar-refractivity contribution in [3.63, 3.8) is 0 Å². The Bertz CT molecular complexity index is 1150. The van der Waals surface area contributed by atoms with Crippen LogP contribution in [0.3, 0.4) is 0 Å². The Balaban J connectivity index is 1.17. The number of rotatable bonds is 7. The first kappa shape index (κ1) is 18.9. The molecule has 0 amide bonds. The number of aromatic amines is 1. The highest BCUT2D eigenvalue weighted by atomic mass is 32.1. The van der Waals surface area contributed by atoms with E-state index in [2.05, 4.69) is 55.6 Å². The minimum Gasteiger partial charge on any atom is -0.476 e. The van der Waals surface area contributed by atoms with Gasteiger partial charge in [-0.3, -0.25) is 5.10 Å². The molecule has 4 aromatic heterocycles. The fourth-order valence-electron chi connectivity index (χ4n) is 3.81. The maximum atomic E-state index is 5.98. The molecule has 5 rings (SSSR count). The second kappa shape index (κ2) is 7.98. The molecule has 0 saturated heterocycles. The zero-order valence-electron chi connectivity index (χ0n) is 16.9. The van der Waals surface area contributed by atoms with Crippen LogP contribution in [-0.2, 0) is 0 Å². The Morgan fingerprint density at radius 2 is 2.13 bits per heavy atom. The Morgan fingerprint density at radius 1 is 1.23 bits per heavy atom. The monoisotopic (exact) mass is 421 g/mol. The molecule has 0 aromatic carbocycles. The normalized spacial score (nSPS) is 18.5. The first-order valence-electron chi connectivity index (χ1n) is 10.1. The summed E-state index contributed by atoms with van der Waals surface area (Å²) >= 11 is 1.57. The third-order valence-electron chi connectivity index (χ3n) is 5.56. The Kier molecular flexibility index (Phi) is 5.04. The molecule has 0 radical (unpaired) electrons. The van der Waals surface area contributed by atoms with Crippen LogP contribution in [0.25, 0.3) is 10.2 Å². The van der Waals surface area contributed by atoms with E-state index in [1.165, 1.54) is 0 Å². The van der Waals surface area contributed by atoms with Crippen LogP contribution >= 0.6 is 11.3 Å². The number of H-pyrrole nitrogens is 1. The molecule has 0 atom stereocenters. The summed E-state index contributed by atoms with van der Waals surface area (Å²) in [6, 6.07) is 5.97. The van der Waals surface area contributed by atoms with Crippen LogP contribution < -0.4 is 10.1 Å². The molecule has 0 unspecified atom stereocenters. The molecule has 0 bridgehead atoms. The van der Waals surface area contributed by atoms with Gasteiger partial charge in [0.05, 0.1) is 28.5 Å². The highest BCUT2D eigenvalue weighted by Crippen LogP contribution is 2.42. The Morgan fingerprint density at radius 3 is 3.00 bits per heavy atom. The molecule has 8 nitrogen and oxygen atoms in total. The molecule has 1 aliphatic rings. The highest BCUT2D eigenvalue weighted by molar-refractivity contribution is 7.17. The summed E-state index contributed by atoms with van der Waals surface area (Å²) in [5.74, 6) is 3.58. The minimum atomic E-state index is 0.367. The number of aromatic nitrogens is 6. The zero-order chi connectivity index (χ0) is 20.5. The van der Waals surface area contributed by atoms with E-state index in [-0.39, 0.29) is 0 Å². The number of nitrogens with one attached hydrogen (secondary N) is 2. The second-order valence-corrected chi connectivity index (χ2v) is 8.84. The molecular formula is C21H23N7OS. The largest absolute Gasteiger partial charge is 0.476 e. The van der Waals surface area contributed by atoms with E-state index in [4.69, 9.17) is 4.74 Å². The second-order valence-electron chi connectivity index (χ2n) is 7.99. The maximum Gasteiger partial charge on any atom is 0.236 e. The topological polar surface area (TPSA) is 102 Å². The zero-order valence-corrected chi connectivity index (χ0v) is 17.7. The summed E-state index contributed by atoms with van der Waals surface area (Å²) < 4.78 is 7.01. The van der Waals surface area contributed by atoms with Gasteiger partial charge in [0.25, 0.3) is 0 Å². The average molecular weight is 422 g/mol. The summed E-state index contributed by atoms with van der Waals surface area (Å²) in [6.45, 7) is 4.95. The fourth-order valence-corrected chi connectivity index (χ4v) is 4.54. The van der Waals surface area contributed by atoms with Crippen LogP contribution in [0.4, 0.5) is 11.6 Å². The van der Waals surface area contributed by atoms with Crippen molar-refractivity contribution in [2.24, 2.45) is 5.92 Å². The van der Waals surface area contributed by atoms with E-state index in [1.807, 2.05) is 17.6 Å². The Hall–Kier alpha value is -3.07. The lowest BCUT2D eigenvalue weighted by molar-refractivity contribution is 0.150. The number of ether oxygens (including phenoxy) is 1. The van der Waals surface area contributed by atoms with Crippen molar-refractivity contribution in [2.75, 3.05) is 11.9 Å². The van der Waals surface area contributed by atoms with Gasteiger partial charge in [0.15, 0.2) is 11.6 Å². The lowest BCUT2D eigenvalue weighted by Crippen LogP contribution is -2.27. The predicted octanol–water partition coefficient (Wildman–Crippen LogP) is 4.64. The lowest BCUT2D eigenvalue weighted by Gasteiger charge is -2.34. The molecule has 2 N–H and O–H groups in total. The lowest BCUT2D eigenvalue weighted by atomic mass is 9.74. The number of fused-ring (bicyclic) bond motifs is 1. The van der Waals surface area contributed by atoms with E-state index in [0.29, 0.717) is 30.2 Å². The van der Waals surface area contributed by atoms with Crippen molar-refractivity contribution in [1.82, 2.24) is 30.4 Å². The van der Waals surface area contributed by atoms with Crippen LogP contribution in [0.2, 0.25) is 0 Å². The van der Waals surface area contributed by atoms with E-state index >= 15 is 0 Å². The predicted molar refractivity (Wildman–Crippen MR) is 116 cm³/mol. The van der Waals surface area contributed by atoms with Crippen LogP contribution in [0.5, 0.6) is 5.88 Å². The van der Waals surface area contributed by atoms with Crippen molar-refractivity contribution in [2.45, 2.75) is 38.5 Å². The quantitative estimate of drug-likeness (QED) is 0.448. The number of hydrogen-bond donors (Lipinski definition) is 2. The molecule has 1 fully saturated rings. The smallest absolute Gasteiger partial charge is 0.236 e. The van der Waals surface area contributed by atoms with Crippen LogP contribution in [-0.4, -0.2) is 37.0 Å². The molecular weight excluding hydrogens is 398 g/mol. The molecule has 4 heterocycles. The number of pyridine rings is 1. The van der Waals surface area contributed by atoms with Crippen molar-refractivity contribution in [1.29, 1.82) is 0 Å². The van der Waals surface area contributed by atoms with Crippen LogP contribution in [0.15, 0.2) is 36.1 Å². The van der Waals surface area contributed by atoms with Gasteiger partial charge in [-0.1, -0.05) is 13.8 Å². The first-order valence-corrected chi connectivity index (χ1v) is 11.0. The van der Waals surface area contributed by atoms with Crippen molar-refractivity contribution in [3.8, 4) is 5.88 Å². The van der Waals surface area contributed by atoms with Gasteiger partial charge in [-0.2, -0.15) is 10.2 Å². The van der Waals surface area contributed by atoms with Crippen molar-refractivity contribution in [3.05, 3.63) is 47.4 Å². The fraction of sp³-hybridized carbons (Fsp3) is 0.381. The number of anilines is 2. The van der Waals surface area contributed by atoms with Gasteiger partial charge in [0.1, 0.15) is 0 Å². The minimum absolute atomic E-state index is 0.367. The van der Waals surface area contributed by atoms with Gasteiger partial charge in [-0.25, -0.2) is 9.97 Å².